The maximum Gasteiger partial charge on any atom is 0.143 e. The molecule has 0 aliphatic carbocycles. The largest absolute Gasteiger partial charge is 0.491 e. The van der Waals surface area contributed by atoms with E-state index in [4.69, 9.17) is 56.8 Å². The highest BCUT2D eigenvalue weighted by molar-refractivity contribution is 5.47. The van der Waals surface area contributed by atoms with Crippen molar-refractivity contribution in [2.45, 2.75) is 63.9 Å². The van der Waals surface area contributed by atoms with Crippen molar-refractivity contribution >= 4 is 0 Å². The van der Waals surface area contributed by atoms with Crippen molar-refractivity contribution in [3.8, 4) is 5.75 Å². The second kappa shape index (κ2) is 40.0. The normalized spacial score (nSPS) is 11.7. The Bertz CT molecular complexity index is 1590. The Labute approximate surface area is 408 Å². The monoisotopic (exact) mass is 947 g/mol. The molecule has 378 valence electrons. The van der Waals surface area contributed by atoms with Crippen LogP contribution in [0.15, 0.2) is 115 Å². The number of aryl methyl sites for hydroxylation is 1. The summed E-state index contributed by atoms with van der Waals surface area (Å²) in [5, 5.41) is 0. The lowest BCUT2D eigenvalue weighted by Gasteiger charge is -2.36. The number of unbranched alkanes of at least 4 members (excludes halogenated alkanes) is 6. The molecule has 0 saturated carbocycles. The summed E-state index contributed by atoms with van der Waals surface area (Å²) < 4.78 is 68.7. The van der Waals surface area contributed by atoms with Crippen molar-refractivity contribution in [3.63, 3.8) is 0 Å². The third-order valence-electron chi connectivity index (χ3n) is 10.9. The van der Waals surface area contributed by atoms with Crippen LogP contribution in [0.2, 0.25) is 0 Å². The minimum atomic E-state index is -0.755. The molecule has 0 saturated heterocycles. The molecule has 0 radical (unpaired) electrons. The second-order valence-electron chi connectivity index (χ2n) is 16.1. The molecule has 0 atom stereocenters. The highest BCUT2D eigenvalue weighted by Gasteiger charge is 2.37. The molecule has 0 N–H and O–H groups in total. The average molecular weight is 947 g/mol. The molecule has 4 aromatic rings. The second-order valence-corrected chi connectivity index (χ2v) is 16.1. The molecule has 0 spiro atoms. The van der Waals surface area contributed by atoms with Crippen LogP contribution in [0.3, 0.4) is 0 Å². The van der Waals surface area contributed by atoms with E-state index < -0.39 is 5.60 Å². The Morgan fingerprint density at radius 1 is 0.294 bits per heavy atom. The molecule has 12 nitrogen and oxygen atoms in total. The van der Waals surface area contributed by atoms with Gasteiger partial charge >= 0.3 is 0 Å². The van der Waals surface area contributed by atoms with Gasteiger partial charge in [-0.3, -0.25) is 0 Å². The SMILES string of the molecule is CCCCCCCCCc1ccc(OCCOCCOCCOCCOCCOCCOCCOCCOCCOCCOCCOC(c2ccccc2)(c2ccccc2)c2ccccc2)cc1. The number of benzene rings is 4. The van der Waals surface area contributed by atoms with Crippen LogP contribution in [0.1, 0.15) is 74.1 Å². The van der Waals surface area contributed by atoms with E-state index in [2.05, 4.69) is 67.6 Å². The lowest BCUT2D eigenvalue weighted by molar-refractivity contribution is -0.0399. The van der Waals surface area contributed by atoms with E-state index in [0.29, 0.717) is 145 Å². The Hall–Kier alpha value is -3.76. The lowest BCUT2D eigenvalue weighted by Crippen LogP contribution is -2.34. The van der Waals surface area contributed by atoms with E-state index in [1.54, 1.807) is 0 Å². The number of rotatable bonds is 46. The fourth-order valence-corrected chi connectivity index (χ4v) is 7.36. The maximum atomic E-state index is 6.75. The zero-order chi connectivity index (χ0) is 47.5. The molecule has 0 bridgehead atoms. The number of ether oxygens (including phenoxy) is 12. The molecule has 0 heterocycles. The molecule has 0 aromatic heterocycles. The van der Waals surface area contributed by atoms with Gasteiger partial charge in [0.1, 0.15) is 18.0 Å². The summed E-state index contributed by atoms with van der Waals surface area (Å²) >= 11 is 0. The first-order chi connectivity index (χ1) is 33.8. The summed E-state index contributed by atoms with van der Waals surface area (Å²) in [7, 11) is 0. The van der Waals surface area contributed by atoms with E-state index in [9.17, 15) is 0 Å². The summed E-state index contributed by atoms with van der Waals surface area (Å²) in [6.07, 6.45) is 10.5. The summed E-state index contributed by atoms with van der Waals surface area (Å²) in [5.74, 6) is 0.885. The first-order valence-electron chi connectivity index (χ1n) is 25.1. The van der Waals surface area contributed by atoms with Crippen LogP contribution in [-0.2, 0) is 64.1 Å². The van der Waals surface area contributed by atoms with Crippen molar-refractivity contribution in [2.75, 3.05) is 145 Å². The predicted octanol–water partition coefficient (Wildman–Crippen LogP) is 9.53. The Morgan fingerprint density at radius 2 is 0.588 bits per heavy atom. The van der Waals surface area contributed by atoms with Crippen LogP contribution in [0.4, 0.5) is 0 Å². The van der Waals surface area contributed by atoms with Gasteiger partial charge in [-0.05, 0) is 47.2 Å². The fourth-order valence-electron chi connectivity index (χ4n) is 7.36. The van der Waals surface area contributed by atoms with Crippen LogP contribution < -0.4 is 4.74 Å². The van der Waals surface area contributed by atoms with E-state index in [1.807, 2.05) is 54.6 Å². The van der Waals surface area contributed by atoms with Crippen LogP contribution >= 0.6 is 0 Å². The van der Waals surface area contributed by atoms with Crippen molar-refractivity contribution in [3.05, 3.63) is 138 Å². The third-order valence-corrected chi connectivity index (χ3v) is 10.9. The Morgan fingerprint density at radius 3 is 0.926 bits per heavy atom. The minimum Gasteiger partial charge on any atom is -0.491 e. The standard InChI is InChI=1S/C56H82O12/c1-2-3-4-5-6-7-11-18-51-25-27-55(28-26-51)67-49-47-65-45-43-63-41-39-61-37-35-59-33-31-57-29-30-58-32-34-60-36-38-62-40-42-64-44-46-66-48-50-68-56(52-19-12-8-13-20-52,53-21-14-9-15-22-53)54-23-16-10-17-24-54/h8-10,12-17,19-28H,2-7,11,18,29-50H2,1H3. The quantitative estimate of drug-likeness (QED) is 0.0311. The molecule has 0 aliphatic rings. The predicted molar refractivity (Wildman–Crippen MR) is 267 cm³/mol. The fraction of sp³-hybridized carbons (Fsp3) is 0.571. The van der Waals surface area contributed by atoms with Gasteiger partial charge in [0.25, 0.3) is 0 Å². The molecule has 68 heavy (non-hydrogen) atoms. The van der Waals surface area contributed by atoms with Gasteiger partial charge in [-0.25, -0.2) is 0 Å². The van der Waals surface area contributed by atoms with Crippen molar-refractivity contribution in [1.82, 2.24) is 0 Å². The van der Waals surface area contributed by atoms with Gasteiger partial charge in [0.2, 0.25) is 0 Å². The minimum absolute atomic E-state index is 0.414. The Kier molecular flexibility index (Phi) is 33.4. The summed E-state index contributed by atoms with van der Waals surface area (Å²) in [5.41, 5.74) is 3.83. The van der Waals surface area contributed by atoms with Crippen LogP contribution in [0, 0.1) is 0 Å². The van der Waals surface area contributed by atoms with Gasteiger partial charge in [-0.1, -0.05) is 149 Å². The molecular formula is C56H82O12. The van der Waals surface area contributed by atoms with Crippen LogP contribution in [0.5, 0.6) is 5.75 Å². The topological polar surface area (TPSA) is 111 Å². The molecule has 0 amide bonds. The van der Waals surface area contributed by atoms with Crippen molar-refractivity contribution in [2.24, 2.45) is 0 Å². The highest BCUT2D eigenvalue weighted by atomic mass is 16.6. The Balaban J connectivity index is 0.820. The zero-order valence-corrected chi connectivity index (χ0v) is 41.1. The first-order valence-corrected chi connectivity index (χ1v) is 25.1. The third kappa shape index (κ3) is 25.7. The van der Waals surface area contributed by atoms with E-state index in [1.165, 1.54) is 50.5 Å². The summed E-state index contributed by atoms with van der Waals surface area (Å²) in [6, 6.07) is 39.5. The number of hydrogen-bond donors (Lipinski definition) is 0. The van der Waals surface area contributed by atoms with E-state index >= 15 is 0 Å². The van der Waals surface area contributed by atoms with Gasteiger partial charge in [0.15, 0.2) is 0 Å². The van der Waals surface area contributed by atoms with Gasteiger partial charge in [-0.2, -0.15) is 0 Å². The average Bonchev–Trinajstić information content (AvgIpc) is 3.38. The van der Waals surface area contributed by atoms with Crippen molar-refractivity contribution < 1.29 is 56.8 Å². The molecule has 12 heteroatoms. The molecule has 4 rings (SSSR count). The zero-order valence-electron chi connectivity index (χ0n) is 41.1. The van der Waals surface area contributed by atoms with Crippen molar-refractivity contribution in [1.29, 1.82) is 0 Å². The lowest BCUT2D eigenvalue weighted by atomic mass is 9.80. The molecule has 0 aliphatic heterocycles. The smallest absolute Gasteiger partial charge is 0.143 e. The summed E-state index contributed by atoms with van der Waals surface area (Å²) in [4.78, 5) is 0. The van der Waals surface area contributed by atoms with Gasteiger partial charge < -0.3 is 56.8 Å². The van der Waals surface area contributed by atoms with Crippen LogP contribution in [0.25, 0.3) is 0 Å². The van der Waals surface area contributed by atoms with Gasteiger partial charge in [0, 0.05) is 0 Å². The maximum absolute atomic E-state index is 6.75. The highest BCUT2D eigenvalue weighted by Crippen LogP contribution is 2.40. The van der Waals surface area contributed by atoms with Gasteiger partial charge in [-0.15, -0.1) is 0 Å². The molecule has 0 fully saturated rings. The van der Waals surface area contributed by atoms with E-state index in [0.717, 1.165) is 28.9 Å². The van der Waals surface area contributed by atoms with E-state index in [-0.39, 0.29) is 0 Å². The molecule has 0 unspecified atom stereocenters. The van der Waals surface area contributed by atoms with Gasteiger partial charge in [0.05, 0.1) is 139 Å². The molecule has 4 aromatic carbocycles. The molecular weight excluding hydrogens is 865 g/mol. The van der Waals surface area contributed by atoms with Crippen LogP contribution in [-0.4, -0.2) is 145 Å². The first kappa shape index (κ1) is 56.8. The summed E-state index contributed by atoms with van der Waals surface area (Å²) in [6.45, 7) is 13.2. The number of hydrogen-bond acceptors (Lipinski definition) is 12.